The summed E-state index contributed by atoms with van der Waals surface area (Å²) in [5, 5.41) is 1.17. The lowest BCUT2D eigenvalue weighted by Crippen LogP contribution is -2.37. The van der Waals surface area contributed by atoms with Gasteiger partial charge in [-0.15, -0.1) is 0 Å². The highest BCUT2D eigenvalue weighted by atomic mass is 32.2. The first-order valence-electron chi connectivity index (χ1n) is 7.86. The molecule has 1 unspecified atom stereocenters. The summed E-state index contributed by atoms with van der Waals surface area (Å²) in [4.78, 5) is 14.0. The standard InChI is InChI=1S/C17H22N2O3S/c1-18-11-13(15-5-3-4-6-16(15)18)7-8-17(20)19(2)14-9-10-23(21,22)12-14/h3-6,11,14H,7-10,12H2,1-2H3. The number of hydrogen-bond donors (Lipinski definition) is 0. The van der Waals surface area contributed by atoms with E-state index in [4.69, 9.17) is 0 Å². The molecule has 1 aliphatic heterocycles. The molecule has 5 nitrogen and oxygen atoms in total. The molecule has 6 heteroatoms. The van der Waals surface area contributed by atoms with Crippen LogP contribution in [-0.4, -0.2) is 48.4 Å². The van der Waals surface area contributed by atoms with E-state index in [1.807, 2.05) is 19.2 Å². The van der Waals surface area contributed by atoms with Gasteiger partial charge in [-0.1, -0.05) is 18.2 Å². The quantitative estimate of drug-likeness (QED) is 0.856. The lowest BCUT2D eigenvalue weighted by molar-refractivity contribution is -0.131. The Balaban J connectivity index is 1.66. The largest absolute Gasteiger partial charge is 0.350 e. The van der Waals surface area contributed by atoms with Crippen molar-refractivity contribution >= 4 is 26.6 Å². The van der Waals surface area contributed by atoms with Crippen LogP contribution in [0.15, 0.2) is 30.5 Å². The van der Waals surface area contributed by atoms with Crippen LogP contribution in [0.25, 0.3) is 10.9 Å². The van der Waals surface area contributed by atoms with Crippen molar-refractivity contribution in [3.8, 4) is 0 Å². The van der Waals surface area contributed by atoms with Gasteiger partial charge in [-0.2, -0.15) is 0 Å². The summed E-state index contributed by atoms with van der Waals surface area (Å²) < 4.78 is 25.2. The maximum absolute atomic E-state index is 12.4. The van der Waals surface area contributed by atoms with Crippen LogP contribution in [-0.2, 0) is 28.1 Å². The van der Waals surface area contributed by atoms with Gasteiger partial charge in [0.15, 0.2) is 9.84 Å². The van der Waals surface area contributed by atoms with Gasteiger partial charge in [0.05, 0.1) is 11.5 Å². The molecular formula is C17H22N2O3S. The van der Waals surface area contributed by atoms with Gasteiger partial charge in [0, 0.05) is 43.7 Å². The Morgan fingerprint density at radius 3 is 2.78 bits per heavy atom. The van der Waals surface area contributed by atoms with E-state index in [-0.39, 0.29) is 23.5 Å². The first-order chi connectivity index (χ1) is 10.9. The van der Waals surface area contributed by atoms with Gasteiger partial charge >= 0.3 is 0 Å². The molecule has 1 aromatic carbocycles. The Morgan fingerprint density at radius 1 is 1.35 bits per heavy atom. The summed E-state index contributed by atoms with van der Waals surface area (Å²) in [6, 6.07) is 7.98. The number of aryl methyl sites for hydroxylation is 2. The predicted octanol–water partition coefficient (Wildman–Crippen LogP) is 1.76. The number of para-hydroxylation sites is 1. The minimum absolute atomic E-state index is 0.0139. The predicted molar refractivity (Wildman–Crippen MR) is 91.1 cm³/mol. The lowest BCUT2D eigenvalue weighted by atomic mass is 10.1. The van der Waals surface area contributed by atoms with Crippen molar-refractivity contribution in [2.24, 2.45) is 7.05 Å². The highest BCUT2D eigenvalue weighted by Crippen LogP contribution is 2.22. The van der Waals surface area contributed by atoms with E-state index in [0.717, 1.165) is 11.1 Å². The van der Waals surface area contributed by atoms with Gasteiger partial charge in [-0.25, -0.2) is 8.42 Å². The molecule has 0 spiro atoms. The zero-order chi connectivity index (χ0) is 16.6. The first kappa shape index (κ1) is 16.1. The molecule has 0 saturated carbocycles. The van der Waals surface area contributed by atoms with Crippen LogP contribution in [0.1, 0.15) is 18.4 Å². The Kier molecular flexibility index (Phi) is 4.19. The molecule has 0 radical (unpaired) electrons. The van der Waals surface area contributed by atoms with Crippen LogP contribution in [0, 0.1) is 0 Å². The number of aromatic nitrogens is 1. The number of rotatable bonds is 4. The zero-order valence-electron chi connectivity index (χ0n) is 13.5. The second-order valence-electron chi connectivity index (χ2n) is 6.34. The van der Waals surface area contributed by atoms with Crippen molar-refractivity contribution in [1.29, 1.82) is 0 Å². The van der Waals surface area contributed by atoms with E-state index in [0.29, 0.717) is 19.3 Å². The van der Waals surface area contributed by atoms with Crippen molar-refractivity contribution < 1.29 is 13.2 Å². The second-order valence-corrected chi connectivity index (χ2v) is 8.57. The topological polar surface area (TPSA) is 59.4 Å². The summed E-state index contributed by atoms with van der Waals surface area (Å²) in [6.07, 6.45) is 3.70. The first-order valence-corrected chi connectivity index (χ1v) is 9.68. The number of amides is 1. The van der Waals surface area contributed by atoms with E-state index < -0.39 is 9.84 Å². The third-order valence-electron chi connectivity index (χ3n) is 4.74. The zero-order valence-corrected chi connectivity index (χ0v) is 14.3. The molecule has 1 aromatic heterocycles. The summed E-state index contributed by atoms with van der Waals surface area (Å²) >= 11 is 0. The van der Waals surface area contributed by atoms with Crippen LogP contribution in [0.2, 0.25) is 0 Å². The number of nitrogens with zero attached hydrogens (tertiary/aromatic N) is 2. The average Bonchev–Trinajstić information content (AvgIpc) is 3.05. The SMILES string of the molecule is CN(C(=O)CCc1cn(C)c2ccccc12)C1CCS(=O)(=O)C1. The van der Waals surface area contributed by atoms with Crippen LogP contribution < -0.4 is 0 Å². The molecular weight excluding hydrogens is 312 g/mol. The number of sulfone groups is 1. The van der Waals surface area contributed by atoms with Crippen molar-refractivity contribution in [1.82, 2.24) is 9.47 Å². The molecule has 1 saturated heterocycles. The molecule has 2 aromatic rings. The number of carbonyl (C=O) groups excluding carboxylic acids is 1. The van der Waals surface area contributed by atoms with Crippen molar-refractivity contribution in [2.45, 2.75) is 25.3 Å². The summed E-state index contributed by atoms with van der Waals surface area (Å²) in [6.45, 7) is 0. The number of fused-ring (bicyclic) bond motifs is 1. The van der Waals surface area contributed by atoms with Crippen LogP contribution in [0.4, 0.5) is 0 Å². The van der Waals surface area contributed by atoms with Crippen molar-refractivity contribution in [3.05, 3.63) is 36.0 Å². The summed E-state index contributed by atoms with van der Waals surface area (Å²) in [5.74, 6) is 0.308. The monoisotopic (exact) mass is 334 g/mol. The van der Waals surface area contributed by atoms with Crippen molar-refractivity contribution in [3.63, 3.8) is 0 Å². The molecule has 0 aliphatic carbocycles. The lowest BCUT2D eigenvalue weighted by Gasteiger charge is -2.23. The molecule has 124 valence electrons. The van der Waals surface area contributed by atoms with Crippen LogP contribution in [0.5, 0.6) is 0 Å². The maximum Gasteiger partial charge on any atom is 0.222 e. The van der Waals surface area contributed by atoms with Crippen molar-refractivity contribution in [2.75, 3.05) is 18.6 Å². The van der Waals surface area contributed by atoms with Gasteiger partial charge < -0.3 is 9.47 Å². The summed E-state index contributed by atoms with van der Waals surface area (Å²) in [7, 11) is 0.759. The minimum atomic E-state index is -2.96. The third kappa shape index (κ3) is 3.27. The number of carbonyl (C=O) groups is 1. The van der Waals surface area contributed by atoms with Gasteiger partial charge in [0.25, 0.3) is 0 Å². The highest BCUT2D eigenvalue weighted by Gasteiger charge is 2.32. The fourth-order valence-electron chi connectivity index (χ4n) is 3.33. The molecule has 1 atom stereocenters. The van der Waals surface area contributed by atoms with E-state index in [1.165, 1.54) is 5.39 Å². The molecule has 2 heterocycles. The fraction of sp³-hybridized carbons (Fsp3) is 0.471. The summed E-state index contributed by atoms with van der Waals surface area (Å²) in [5.41, 5.74) is 2.31. The van der Waals surface area contributed by atoms with E-state index in [9.17, 15) is 13.2 Å². The minimum Gasteiger partial charge on any atom is -0.350 e. The Morgan fingerprint density at radius 2 is 2.09 bits per heavy atom. The third-order valence-corrected chi connectivity index (χ3v) is 6.49. The van der Waals surface area contributed by atoms with Crippen LogP contribution in [0.3, 0.4) is 0 Å². The molecule has 1 fully saturated rings. The molecule has 3 rings (SSSR count). The maximum atomic E-state index is 12.4. The average molecular weight is 334 g/mol. The second kappa shape index (κ2) is 6.00. The number of hydrogen-bond acceptors (Lipinski definition) is 3. The Bertz CT molecular complexity index is 839. The Hall–Kier alpha value is -1.82. The van der Waals surface area contributed by atoms with Gasteiger partial charge in [0.2, 0.25) is 5.91 Å². The van der Waals surface area contributed by atoms with E-state index in [1.54, 1.807) is 11.9 Å². The molecule has 1 amide bonds. The van der Waals surface area contributed by atoms with E-state index in [2.05, 4.69) is 22.9 Å². The molecule has 23 heavy (non-hydrogen) atoms. The normalized spacial score (nSPS) is 20.0. The molecule has 0 bridgehead atoms. The highest BCUT2D eigenvalue weighted by molar-refractivity contribution is 7.91. The van der Waals surface area contributed by atoms with E-state index >= 15 is 0 Å². The van der Waals surface area contributed by atoms with Crippen LogP contribution >= 0.6 is 0 Å². The smallest absolute Gasteiger partial charge is 0.222 e. The Labute approximate surface area is 136 Å². The van der Waals surface area contributed by atoms with Gasteiger partial charge in [-0.05, 0) is 24.5 Å². The van der Waals surface area contributed by atoms with Gasteiger partial charge in [0.1, 0.15) is 0 Å². The molecule has 0 N–H and O–H groups in total. The fourth-order valence-corrected chi connectivity index (χ4v) is 5.10. The molecule has 1 aliphatic rings. The van der Waals surface area contributed by atoms with Gasteiger partial charge in [-0.3, -0.25) is 4.79 Å². The number of benzene rings is 1.